The number of benzene rings is 2. The highest BCUT2D eigenvalue weighted by molar-refractivity contribution is 6.34. The minimum atomic E-state index is -0.640. The number of ether oxygens (including phenoxy) is 1. The van der Waals surface area contributed by atoms with Gasteiger partial charge in [0.05, 0.1) is 22.7 Å². The van der Waals surface area contributed by atoms with Crippen molar-refractivity contribution in [3.63, 3.8) is 0 Å². The Morgan fingerprint density at radius 3 is 2.40 bits per heavy atom. The number of phenols is 1. The fourth-order valence-electron chi connectivity index (χ4n) is 2.39. The van der Waals surface area contributed by atoms with Crippen LogP contribution in [0.15, 0.2) is 42.5 Å². The van der Waals surface area contributed by atoms with E-state index >= 15 is 0 Å². The van der Waals surface area contributed by atoms with E-state index in [4.69, 9.17) is 16.3 Å². The molecule has 2 aromatic rings. The number of hydrogen-bond donors (Lipinski definition) is 2. The van der Waals surface area contributed by atoms with E-state index in [-0.39, 0.29) is 16.3 Å². The Labute approximate surface area is 153 Å². The second-order valence-electron chi connectivity index (χ2n) is 6.94. The summed E-state index contributed by atoms with van der Waals surface area (Å²) < 4.78 is 5.68. The van der Waals surface area contributed by atoms with Crippen molar-refractivity contribution in [3.05, 3.63) is 58.6 Å². The number of halogens is 1. The molecule has 4 nitrogen and oxygen atoms in total. The lowest BCUT2D eigenvalue weighted by molar-refractivity contribution is 0.0909. The summed E-state index contributed by atoms with van der Waals surface area (Å²) in [6.45, 7) is 8.63. The highest BCUT2D eigenvalue weighted by atomic mass is 35.5. The average Bonchev–Trinajstić information content (AvgIpc) is 2.52. The van der Waals surface area contributed by atoms with Crippen LogP contribution in [0.1, 0.15) is 43.6 Å². The fourth-order valence-corrected chi connectivity index (χ4v) is 2.64. The van der Waals surface area contributed by atoms with Gasteiger partial charge in [0.25, 0.3) is 5.91 Å². The molecule has 0 saturated carbocycles. The van der Waals surface area contributed by atoms with Crippen LogP contribution in [0.2, 0.25) is 5.02 Å². The monoisotopic (exact) mass is 361 g/mol. The van der Waals surface area contributed by atoms with Gasteiger partial charge in [0.15, 0.2) is 0 Å². The molecular formula is C20H24ClNO3. The minimum Gasteiger partial charge on any atom is -0.507 e. The summed E-state index contributed by atoms with van der Waals surface area (Å²) in [6.07, 6.45) is 0. The summed E-state index contributed by atoms with van der Waals surface area (Å²) in [5, 5.41) is 13.0. The second kappa shape index (κ2) is 7.79. The van der Waals surface area contributed by atoms with Gasteiger partial charge in [0, 0.05) is 0 Å². The first kappa shape index (κ1) is 19.1. The molecule has 134 valence electrons. The minimum absolute atomic E-state index is 0.0779. The van der Waals surface area contributed by atoms with Crippen molar-refractivity contribution >= 4 is 17.5 Å². The third-order valence-electron chi connectivity index (χ3n) is 3.80. The lowest BCUT2D eigenvalue weighted by Crippen LogP contribution is -2.41. The molecular weight excluding hydrogens is 338 g/mol. The molecule has 25 heavy (non-hydrogen) atoms. The number of carbonyl (C=O) groups excluding carboxylic acids is 1. The van der Waals surface area contributed by atoms with Crippen LogP contribution in [0.4, 0.5) is 0 Å². The molecule has 0 aliphatic heterocycles. The van der Waals surface area contributed by atoms with Gasteiger partial charge in [0.2, 0.25) is 0 Å². The van der Waals surface area contributed by atoms with Gasteiger partial charge in [-0.05, 0) is 49.6 Å². The first-order valence-corrected chi connectivity index (χ1v) is 8.62. The standard InChI is InChI=1S/C20H24ClNO3/c1-13(2)12-25-15-10-8-14(9-11-15)20(3,4)22-19(24)18-16(21)6-5-7-17(18)23/h5-11,13,23H,12H2,1-4H3,(H,22,24). The molecule has 0 saturated heterocycles. The van der Waals surface area contributed by atoms with Crippen LogP contribution in [-0.4, -0.2) is 17.6 Å². The van der Waals surface area contributed by atoms with Crippen LogP contribution >= 0.6 is 11.6 Å². The van der Waals surface area contributed by atoms with Gasteiger partial charge in [0.1, 0.15) is 11.5 Å². The molecule has 2 aromatic carbocycles. The fraction of sp³-hybridized carbons (Fsp3) is 0.350. The Morgan fingerprint density at radius 1 is 1.20 bits per heavy atom. The smallest absolute Gasteiger partial charge is 0.257 e. The van der Waals surface area contributed by atoms with Crippen LogP contribution < -0.4 is 10.1 Å². The summed E-state index contributed by atoms with van der Waals surface area (Å²) >= 11 is 6.04. The van der Waals surface area contributed by atoms with Gasteiger partial charge in [-0.25, -0.2) is 0 Å². The van der Waals surface area contributed by atoms with Crippen molar-refractivity contribution in [2.24, 2.45) is 5.92 Å². The van der Waals surface area contributed by atoms with Crippen molar-refractivity contribution in [2.45, 2.75) is 33.2 Å². The van der Waals surface area contributed by atoms with E-state index in [1.54, 1.807) is 12.1 Å². The van der Waals surface area contributed by atoms with E-state index in [0.29, 0.717) is 12.5 Å². The number of aromatic hydroxyl groups is 1. The predicted molar refractivity (Wildman–Crippen MR) is 100 cm³/mol. The molecule has 0 aromatic heterocycles. The maximum absolute atomic E-state index is 12.5. The van der Waals surface area contributed by atoms with Gasteiger partial charge < -0.3 is 15.2 Å². The molecule has 5 heteroatoms. The Balaban J connectivity index is 2.14. The van der Waals surface area contributed by atoms with Gasteiger partial charge in [-0.3, -0.25) is 4.79 Å². The molecule has 0 spiro atoms. The Morgan fingerprint density at radius 2 is 1.84 bits per heavy atom. The SMILES string of the molecule is CC(C)COc1ccc(C(C)(C)NC(=O)c2c(O)cccc2Cl)cc1. The third-order valence-corrected chi connectivity index (χ3v) is 4.12. The number of hydrogen-bond acceptors (Lipinski definition) is 3. The molecule has 2 rings (SSSR count). The van der Waals surface area contributed by atoms with Crippen LogP contribution in [0, 0.1) is 5.92 Å². The first-order chi connectivity index (χ1) is 11.7. The normalized spacial score (nSPS) is 11.4. The molecule has 1 amide bonds. The van der Waals surface area contributed by atoms with Crippen molar-refractivity contribution in [2.75, 3.05) is 6.61 Å². The number of amides is 1. The predicted octanol–water partition coefficient (Wildman–Crippen LogP) is 4.75. The third kappa shape index (κ3) is 4.89. The van der Waals surface area contributed by atoms with Crippen LogP contribution in [0.3, 0.4) is 0 Å². The van der Waals surface area contributed by atoms with Crippen molar-refractivity contribution in [1.82, 2.24) is 5.32 Å². The molecule has 0 aliphatic rings. The Kier molecular flexibility index (Phi) is 5.96. The lowest BCUT2D eigenvalue weighted by Gasteiger charge is -2.27. The van der Waals surface area contributed by atoms with Gasteiger partial charge >= 0.3 is 0 Å². The lowest BCUT2D eigenvalue weighted by atomic mass is 9.93. The molecule has 2 N–H and O–H groups in total. The summed E-state index contributed by atoms with van der Waals surface area (Å²) in [5.74, 6) is 0.688. The zero-order valence-electron chi connectivity index (χ0n) is 15.0. The largest absolute Gasteiger partial charge is 0.507 e. The number of carbonyl (C=O) groups is 1. The van der Waals surface area contributed by atoms with E-state index in [1.807, 2.05) is 38.1 Å². The summed E-state index contributed by atoms with van der Waals surface area (Å²) in [7, 11) is 0. The van der Waals surface area contributed by atoms with E-state index < -0.39 is 11.4 Å². The van der Waals surface area contributed by atoms with E-state index in [2.05, 4.69) is 19.2 Å². The van der Waals surface area contributed by atoms with Gasteiger partial charge in [-0.15, -0.1) is 0 Å². The van der Waals surface area contributed by atoms with E-state index in [9.17, 15) is 9.90 Å². The molecule has 0 atom stereocenters. The molecule has 0 heterocycles. The quantitative estimate of drug-likeness (QED) is 0.780. The summed E-state index contributed by atoms with van der Waals surface area (Å²) in [6, 6.07) is 12.2. The molecule has 0 radical (unpaired) electrons. The second-order valence-corrected chi connectivity index (χ2v) is 7.35. The molecule has 0 aliphatic carbocycles. The van der Waals surface area contributed by atoms with Crippen LogP contribution in [-0.2, 0) is 5.54 Å². The number of rotatable bonds is 6. The Hall–Kier alpha value is -2.20. The number of phenolic OH excluding ortho intramolecular Hbond substituents is 1. The average molecular weight is 362 g/mol. The van der Waals surface area contributed by atoms with Crippen LogP contribution in [0.25, 0.3) is 0 Å². The van der Waals surface area contributed by atoms with E-state index in [1.165, 1.54) is 6.07 Å². The molecule has 0 unspecified atom stereocenters. The molecule has 0 bridgehead atoms. The maximum Gasteiger partial charge on any atom is 0.257 e. The van der Waals surface area contributed by atoms with E-state index in [0.717, 1.165) is 11.3 Å². The molecule has 0 fully saturated rings. The topological polar surface area (TPSA) is 58.6 Å². The summed E-state index contributed by atoms with van der Waals surface area (Å²) in [4.78, 5) is 12.5. The van der Waals surface area contributed by atoms with Crippen LogP contribution in [0.5, 0.6) is 11.5 Å². The first-order valence-electron chi connectivity index (χ1n) is 8.24. The number of nitrogens with one attached hydrogen (secondary N) is 1. The van der Waals surface area contributed by atoms with Crippen molar-refractivity contribution < 1.29 is 14.6 Å². The van der Waals surface area contributed by atoms with Crippen molar-refractivity contribution in [3.8, 4) is 11.5 Å². The Bertz CT molecular complexity index is 719. The maximum atomic E-state index is 12.5. The zero-order valence-corrected chi connectivity index (χ0v) is 15.7. The highest BCUT2D eigenvalue weighted by Gasteiger charge is 2.26. The summed E-state index contributed by atoms with van der Waals surface area (Å²) in [5.41, 5.74) is 0.359. The zero-order chi connectivity index (χ0) is 18.6. The van der Waals surface area contributed by atoms with Crippen molar-refractivity contribution in [1.29, 1.82) is 0 Å². The van der Waals surface area contributed by atoms with Gasteiger partial charge in [-0.1, -0.05) is 43.6 Å². The highest BCUT2D eigenvalue weighted by Crippen LogP contribution is 2.28. The van der Waals surface area contributed by atoms with Gasteiger partial charge in [-0.2, -0.15) is 0 Å².